The van der Waals surface area contributed by atoms with Crippen LogP contribution in [0.4, 0.5) is 4.39 Å². The van der Waals surface area contributed by atoms with Crippen LogP contribution in [0.2, 0.25) is 0 Å². The van der Waals surface area contributed by atoms with E-state index in [4.69, 9.17) is 9.47 Å². The summed E-state index contributed by atoms with van der Waals surface area (Å²) >= 11 is 6.95. The fraction of sp³-hybridized carbons (Fsp3) is 0.0870. The number of halogens is 3. The van der Waals surface area contributed by atoms with E-state index in [-0.39, 0.29) is 5.82 Å². The largest absolute Gasteiger partial charge is 0.493 e. The lowest BCUT2D eigenvalue weighted by Gasteiger charge is -2.13. The molecule has 0 aliphatic heterocycles. The van der Waals surface area contributed by atoms with E-state index < -0.39 is 0 Å². The number of hydrogen-bond acceptors (Lipinski definition) is 3. The number of allylic oxidation sites excluding steroid dienone is 1. The van der Waals surface area contributed by atoms with E-state index in [0.717, 1.165) is 20.1 Å². The zero-order valence-electron chi connectivity index (χ0n) is 15.5. The molecule has 0 radical (unpaired) electrons. The molecule has 3 aromatic rings. The van der Waals surface area contributed by atoms with Crippen LogP contribution in [-0.2, 0) is 6.61 Å². The molecule has 0 spiro atoms. The highest BCUT2D eigenvalue weighted by molar-refractivity contribution is 9.10. The van der Waals surface area contributed by atoms with E-state index >= 15 is 0 Å². The lowest BCUT2D eigenvalue weighted by atomic mass is 10.0. The molecule has 0 amide bonds. The van der Waals surface area contributed by atoms with E-state index in [0.29, 0.717) is 29.2 Å². The number of ether oxygens (including phenoxy) is 2. The standard InChI is InChI=1S/C23H16Br2FNO2/c1-28-22-11-17(10-18(13-27)16-4-8-20(26)9-5-16)21(25)12-23(22)29-14-15-2-6-19(24)7-3-15/h2-12H,14H2,1H3/b18-10+. The van der Waals surface area contributed by atoms with Crippen molar-refractivity contribution in [2.75, 3.05) is 7.11 Å². The molecule has 0 saturated heterocycles. The SMILES string of the molecule is COc1cc(/C=C(\C#N)c2ccc(F)cc2)c(Br)cc1OCc1ccc(Br)cc1. The minimum Gasteiger partial charge on any atom is -0.493 e. The molecule has 0 aliphatic carbocycles. The third kappa shape index (κ3) is 5.47. The van der Waals surface area contributed by atoms with E-state index in [2.05, 4.69) is 37.9 Å². The monoisotopic (exact) mass is 515 g/mol. The van der Waals surface area contributed by atoms with Crippen molar-refractivity contribution in [1.82, 2.24) is 0 Å². The minimum absolute atomic E-state index is 0.346. The summed E-state index contributed by atoms with van der Waals surface area (Å²) in [6.07, 6.45) is 1.72. The zero-order valence-corrected chi connectivity index (χ0v) is 18.6. The molecular weight excluding hydrogens is 501 g/mol. The number of hydrogen-bond donors (Lipinski definition) is 0. The smallest absolute Gasteiger partial charge is 0.162 e. The van der Waals surface area contributed by atoms with Crippen molar-refractivity contribution in [3.05, 3.63) is 92.1 Å². The molecule has 0 unspecified atom stereocenters. The molecule has 0 fully saturated rings. The maximum absolute atomic E-state index is 13.2. The summed E-state index contributed by atoms with van der Waals surface area (Å²) < 4.78 is 26.3. The first-order chi connectivity index (χ1) is 14.0. The second kappa shape index (κ2) is 9.73. The minimum atomic E-state index is -0.346. The predicted molar refractivity (Wildman–Crippen MR) is 119 cm³/mol. The van der Waals surface area contributed by atoms with Crippen LogP contribution >= 0.6 is 31.9 Å². The van der Waals surface area contributed by atoms with E-state index in [1.165, 1.54) is 12.1 Å². The Morgan fingerprint density at radius 2 is 1.72 bits per heavy atom. The van der Waals surface area contributed by atoms with Gasteiger partial charge in [0.1, 0.15) is 12.4 Å². The van der Waals surface area contributed by atoms with Gasteiger partial charge in [-0.3, -0.25) is 0 Å². The van der Waals surface area contributed by atoms with Gasteiger partial charge in [-0.1, -0.05) is 56.1 Å². The summed E-state index contributed by atoms with van der Waals surface area (Å²) in [5.41, 5.74) is 2.82. The van der Waals surface area contributed by atoms with Crippen molar-refractivity contribution >= 4 is 43.5 Å². The maximum atomic E-state index is 13.2. The maximum Gasteiger partial charge on any atom is 0.162 e. The highest BCUT2D eigenvalue weighted by Crippen LogP contribution is 2.36. The van der Waals surface area contributed by atoms with Crippen LogP contribution in [0.5, 0.6) is 11.5 Å². The molecule has 6 heteroatoms. The van der Waals surface area contributed by atoms with Crippen LogP contribution in [0.25, 0.3) is 11.6 Å². The zero-order chi connectivity index (χ0) is 20.8. The van der Waals surface area contributed by atoms with Crippen LogP contribution in [0.3, 0.4) is 0 Å². The Kier molecular flexibility index (Phi) is 7.08. The average molecular weight is 517 g/mol. The van der Waals surface area contributed by atoms with Gasteiger partial charge in [-0.25, -0.2) is 4.39 Å². The number of rotatable bonds is 6. The van der Waals surface area contributed by atoms with Crippen molar-refractivity contribution in [2.45, 2.75) is 6.61 Å². The second-order valence-electron chi connectivity index (χ2n) is 6.12. The molecule has 3 nitrogen and oxygen atoms in total. The molecule has 0 heterocycles. The highest BCUT2D eigenvalue weighted by atomic mass is 79.9. The number of nitrogens with zero attached hydrogens (tertiary/aromatic N) is 1. The number of nitriles is 1. The van der Waals surface area contributed by atoms with Gasteiger partial charge >= 0.3 is 0 Å². The van der Waals surface area contributed by atoms with Gasteiger partial charge in [0.05, 0.1) is 18.8 Å². The Hall–Kier alpha value is -2.62. The lowest BCUT2D eigenvalue weighted by Crippen LogP contribution is -1.98. The first-order valence-corrected chi connectivity index (χ1v) is 10.2. The fourth-order valence-corrected chi connectivity index (χ4v) is 3.34. The summed E-state index contributed by atoms with van der Waals surface area (Å²) in [5.74, 6) is 0.786. The van der Waals surface area contributed by atoms with Gasteiger partial charge in [0.2, 0.25) is 0 Å². The molecule has 0 bridgehead atoms. The Labute approximate surface area is 185 Å². The molecule has 0 saturated carbocycles. The normalized spacial score (nSPS) is 11.1. The van der Waals surface area contributed by atoms with Crippen molar-refractivity contribution in [3.8, 4) is 17.6 Å². The highest BCUT2D eigenvalue weighted by Gasteiger charge is 2.11. The molecule has 0 N–H and O–H groups in total. The second-order valence-corrected chi connectivity index (χ2v) is 7.89. The van der Waals surface area contributed by atoms with Crippen LogP contribution < -0.4 is 9.47 Å². The Balaban J connectivity index is 1.88. The summed E-state index contributed by atoms with van der Waals surface area (Å²) in [7, 11) is 1.56. The van der Waals surface area contributed by atoms with E-state index in [1.807, 2.05) is 30.3 Å². The van der Waals surface area contributed by atoms with Crippen molar-refractivity contribution in [1.29, 1.82) is 5.26 Å². The van der Waals surface area contributed by atoms with Gasteiger partial charge < -0.3 is 9.47 Å². The van der Waals surface area contributed by atoms with Gasteiger partial charge in [-0.2, -0.15) is 5.26 Å². The molecule has 3 aromatic carbocycles. The first kappa shape index (κ1) is 21.1. The van der Waals surface area contributed by atoms with Crippen molar-refractivity contribution in [3.63, 3.8) is 0 Å². The van der Waals surface area contributed by atoms with Gasteiger partial charge in [0.25, 0.3) is 0 Å². The van der Waals surface area contributed by atoms with Crippen LogP contribution in [0.15, 0.2) is 69.6 Å². The molecular formula is C23H16Br2FNO2. The average Bonchev–Trinajstić information content (AvgIpc) is 2.73. The topological polar surface area (TPSA) is 42.2 Å². The molecule has 29 heavy (non-hydrogen) atoms. The number of methoxy groups -OCH3 is 1. The molecule has 0 aromatic heterocycles. The Bertz CT molecular complexity index is 1070. The van der Waals surface area contributed by atoms with Gasteiger partial charge in [0, 0.05) is 8.95 Å². The fourth-order valence-electron chi connectivity index (χ4n) is 2.64. The molecule has 0 atom stereocenters. The summed E-state index contributed by atoms with van der Waals surface area (Å²) in [6.45, 7) is 0.393. The first-order valence-electron chi connectivity index (χ1n) is 8.62. The summed E-state index contributed by atoms with van der Waals surface area (Å²) in [6, 6.07) is 19.4. The van der Waals surface area contributed by atoms with E-state index in [9.17, 15) is 9.65 Å². The van der Waals surface area contributed by atoms with Crippen LogP contribution in [0, 0.1) is 17.1 Å². The third-order valence-electron chi connectivity index (χ3n) is 4.17. The summed E-state index contributed by atoms with van der Waals surface area (Å²) in [5, 5.41) is 9.53. The molecule has 0 aliphatic rings. The van der Waals surface area contributed by atoms with Crippen LogP contribution in [0.1, 0.15) is 16.7 Å². The third-order valence-corrected chi connectivity index (χ3v) is 5.38. The van der Waals surface area contributed by atoms with E-state index in [1.54, 1.807) is 31.4 Å². The molecule has 146 valence electrons. The van der Waals surface area contributed by atoms with Crippen molar-refractivity contribution < 1.29 is 13.9 Å². The van der Waals surface area contributed by atoms with Crippen molar-refractivity contribution in [2.24, 2.45) is 0 Å². The van der Waals surface area contributed by atoms with Gasteiger partial charge in [-0.15, -0.1) is 0 Å². The van der Waals surface area contributed by atoms with Gasteiger partial charge in [0.15, 0.2) is 11.5 Å². The lowest BCUT2D eigenvalue weighted by molar-refractivity contribution is 0.284. The summed E-state index contributed by atoms with van der Waals surface area (Å²) in [4.78, 5) is 0. The quantitative estimate of drug-likeness (QED) is 0.261. The number of benzene rings is 3. The Morgan fingerprint density at radius 1 is 1.03 bits per heavy atom. The Morgan fingerprint density at radius 3 is 2.34 bits per heavy atom. The predicted octanol–water partition coefficient (Wildman–Crippen LogP) is 7.00. The van der Waals surface area contributed by atoms with Crippen LogP contribution in [-0.4, -0.2) is 7.11 Å². The molecule has 3 rings (SSSR count). The van der Waals surface area contributed by atoms with Gasteiger partial charge in [-0.05, 0) is 59.2 Å².